The molecule has 2 amide bonds. The normalized spacial score (nSPS) is 16.3. The molecule has 0 spiro atoms. The van der Waals surface area contributed by atoms with E-state index in [1.165, 1.54) is 0 Å². The van der Waals surface area contributed by atoms with Crippen molar-refractivity contribution in [3.8, 4) is 5.75 Å². The van der Waals surface area contributed by atoms with Crippen molar-refractivity contribution in [1.82, 2.24) is 9.80 Å². The molecule has 0 aromatic heterocycles. The predicted octanol–water partition coefficient (Wildman–Crippen LogP) is 0.728. The highest BCUT2D eigenvalue weighted by Gasteiger charge is 2.18. The number of benzene rings is 1. The fourth-order valence-corrected chi connectivity index (χ4v) is 2.64. The average Bonchev–Trinajstić information content (AvgIpc) is 2.78. The molecule has 1 aliphatic heterocycles. The molecule has 2 N–H and O–H groups in total. The van der Waals surface area contributed by atoms with E-state index in [4.69, 9.17) is 10.5 Å². The molecule has 6 nitrogen and oxygen atoms in total. The van der Waals surface area contributed by atoms with Gasteiger partial charge in [-0.3, -0.25) is 14.5 Å². The molecule has 1 heterocycles. The number of carbonyl (C=O) groups excluding carboxylic acids is 2. The monoisotopic (exact) mass is 317 g/mol. The van der Waals surface area contributed by atoms with E-state index >= 15 is 0 Å². The van der Waals surface area contributed by atoms with Crippen LogP contribution in [0.3, 0.4) is 0 Å². The molecule has 1 fully saturated rings. The van der Waals surface area contributed by atoms with Crippen LogP contribution in [0.4, 0.5) is 0 Å². The molecule has 6 heteroatoms. The summed E-state index contributed by atoms with van der Waals surface area (Å²) in [4.78, 5) is 27.1. The van der Waals surface area contributed by atoms with Gasteiger partial charge in [0.05, 0.1) is 13.7 Å². The number of hydrogen-bond acceptors (Lipinski definition) is 4. The van der Waals surface area contributed by atoms with E-state index in [2.05, 4.69) is 0 Å². The van der Waals surface area contributed by atoms with Crippen molar-refractivity contribution in [2.75, 3.05) is 39.8 Å². The van der Waals surface area contributed by atoms with Crippen LogP contribution in [0, 0.1) is 0 Å². The zero-order valence-corrected chi connectivity index (χ0v) is 13.4. The van der Waals surface area contributed by atoms with Gasteiger partial charge >= 0.3 is 0 Å². The van der Waals surface area contributed by atoms with Crippen LogP contribution in [0.2, 0.25) is 0 Å². The minimum atomic E-state index is -0.333. The van der Waals surface area contributed by atoms with Crippen molar-refractivity contribution < 1.29 is 14.3 Å². The van der Waals surface area contributed by atoms with Crippen molar-refractivity contribution in [1.29, 1.82) is 0 Å². The Bertz CT molecular complexity index is 586. The van der Waals surface area contributed by atoms with Gasteiger partial charge < -0.3 is 15.4 Å². The summed E-state index contributed by atoms with van der Waals surface area (Å²) in [7, 11) is 1.61. The third kappa shape index (κ3) is 5.10. The van der Waals surface area contributed by atoms with E-state index in [0.29, 0.717) is 19.6 Å². The van der Waals surface area contributed by atoms with E-state index in [-0.39, 0.29) is 18.4 Å². The topological polar surface area (TPSA) is 75.9 Å². The second-order valence-corrected chi connectivity index (χ2v) is 5.50. The second kappa shape index (κ2) is 8.33. The van der Waals surface area contributed by atoms with Crippen LogP contribution in [0.1, 0.15) is 12.0 Å². The zero-order chi connectivity index (χ0) is 16.7. The zero-order valence-electron chi connectivity index (χ0n) is 13.4. The number of nitrogens with zero attached hydrogens (tertiary/aromatic N) is 2. The van der Waals surface area contributed by atoms with Crippen LogP contribution in [0.15, 0.2) is 30.3 Å². The van der Waals surface area contributed by atoms with Crippen LogP contribution in [0.25, 0.3) is 6.08 Å². The molecule has 0 bridgehead atoms. The highest BCUT2D eigenvalue weighted by atomic mass is 16.5. The SMILES string of the molecule is COc1ccccc1/C=C\C(=O)N1CCCN(CC(N)=O)CC1. The van der Waals surface area contributed by atoms with Gasteiger partial charge in [-0.25, -0.2) is 0 Å². The number of amides is 2. The Balaban J connectivity index is 1.95. The first-order chi connectivity index (χ1) is 11.1. The molecule has 0 radical (unpaired) electrons. The second-order valence-electron chi connectivity index (χ2n) is 5.50. The lowest BCUT2D eigenvalue weighted by Gasteiger charge is -2.20. The van der Waals surface area contributed by atoms with E-state index < -0.39 is 0 Å². The standard InChI is InChI=1S/C17H23N3O3/c1-23-15-6-3-2-5-14(15)7-8-17(22)20-10-4-9-19(11-12-20)13-16(18)21/h2-3,5-8H,4,9-13H2,1H3,(H2,18,21)/b8-7-. The number of methoxy groups -OCH3 is 1. The molecule has 0 unspecified atom stereocenters. The summed E-state index contributed by atoms with van der Waals surface area (Å²) in [5.74, 6) is 0.373. The summed E-state index contributed by atoms with van der Waals surface area (Å²) in [6, 6.07) is 7.55. The summed E-state index contributed by atoms with van der Waals surface area (Å²) in [6.07, 6.45) is 4.18. The van der Waals surface area contributed by atoms with Gasteiger partial charge in [-0.15, -0.1) is 0 Å². The van der Waals surface area contributed by atoms with E-state index in [9.17, 15) is 9.59 Å². The Morgan fingerprint density at radius 2 is 2.00 bits per heavy atom. The summed E-state index contributed by atoms with van der Waals surface area (Å²) >= 11 is 0. The van der Waals surface area contributed by atoms with Gasteiger partial charge in [-0.05, 0) is 18.6 Å². The number of para-hydroxylation sites is 1. The first-order valence-electron chi connectivity index (χ1n) is 7.71. The smallest absolute Gasteiger partial charge is 0.246 e. The molecule has 0 saturated carbocycles. The maximum atomic E-state index is 12.3. The molecule has 1 aliphatic rings. The summed E-state index contributed by atoms with van der Waals surface area (Å²) in [6.45, 7) is 2.98. The largest absolute Gasteiger partial charge is 0.496 e. The van der Waals surface area contributed by atoms with Gasteiger partial charge in [-0.2, -0.15) is 0 Å². The average molecular weight is 317 g/mol. The molecule has 2 rings (SSSR count). The molecular formula is C17H23N3O3. The van der Waals surface area contributed by atoms with Crippen LogP contribution in [-0.2, 0) is 9.59 Å². The Hall–Kier alpha value is -2.34. The van der Waals surface area contributed by atoms with Crippen LogP contribution in [-0.4, -0.2) is 61.4 Å². The van der Waals surface area contributed by atoms with Crippen molar-refractivity contribution >= 4 is 17.9 Å². The number of nitrogens with two attached hydrogens (primary N) is 1. The molecular weight excluding hydrogens is 294 g/mol. The first kappa shape index (κ1) is 17.0. The Kier molecular flexibility index (Phi) is 6.17. The quantitative estimate of drug-likeness (QED) is 0.812. The fraction of sp³-hybridized carbons (Fsp3) is 0.412. The van der Waals surface area contributed by atoms with Gasteiger partial charge in [0.1, 0.15) is 5.75 Å². The number of ether oxygens (including phenoxy) is 1. The van der Waals surface area contributed by atoms with Crippen LogP contribution >= 0.6 is 0 Å². The maximum absolute atomic E-state index is 12.3. The molecule has 124 valence electrons. The van der Waals surface area contributed by atoms with Crippen molar-refractivity contribution in [2.45, 2.75) is 6.42 Å². The van der Waals surface area contributed by atoms with Gasteiger partial charge in [0.2, 0.25) is 11.8 Å². The third-order valence-electron chi connectivity index (χ3n) is 3.82. The Morgan fingerprint density at radius 1 is 1.22 bits per heavy atom. The summed E-state index contributed by atoms with van der Waals surface area (Å²) in [5, 5.41) is 0. The lowest BCUT2D eigenvalue weighted by molar-refractivity contribution is -0.125. The van der Waals surface area contributed by atoms with E-state index in [1.54, 1.807) is 24.2 Å². The molecule has 23 heavy (non-hydrogen) atoms. The van der Waals surface area contributed by atoms with E-state index in [0.717, 1.165) is 24.3 Å². The molecule has 0 aliphatic carbocycles. The minimum Gasteiger partial charge on any atom is -0.496 e. The van der Waals surface area contributed by atoms with Gasteiger partial charge in [-0.1, -0.05) is 18.2 Å². The summed E-state index contributed by atoms with van der Waals surface area (Å²) in [5.41, 5.74) is 6.09. The van der Waals surface area contributed by atoms with Crippen molar-refractivity contribution in [3.63, 3.8) is 0 Å². The Morgan fingerprint density at radius 3 is 2.74 bits per heavy atom. The number of primary amides is 1. The summed E-state index contributed by atoms with van der Waals surface area (Å²) < 4.78 is 5.27. The minimum absolute atomic E-state index is 0.0307. The fourth-order valence-electron chi connectivity index (χ4n) is 2.64. The van der Waals surface area contributed by atoms with E-state index in [1.807, 2.05) is 29.2 Å². The van der Waals surface area contributed by atoms with Crippen LogP contribution in [0.5, 0.6) is 5.75 Å². The molecule has 0 atom stereocenters. The highest BCUT2D eigenvalue weighted by molar-refractivity contribution is 5.92. The van der Waals surface area contributed by atoms with Gasteiger partial charge in [0.15, 0.2) is 0 Å². The molecule has 1 aromatic carbocycles. The number of hydrogen-bond donors (Lipinski definition) is 1. The van der Waals surface area contributed by atoms with Gasteiger partial charge in [0, 0.05) is 37.8 Å². The lowest BCUT2D eigenvalue weighted by Crippen LogP contribution is -2.37. The maximum Gasteiger partial charge on any atom is 0.246 e. The van der Waals surface area contributed by atoms with Gasteiger partial charge in [0.25, 0.3) is 0 Å². The van der Waals surface area contributed by atoms with Crippen molar-refractivity contribution in [2.24, 2.45) is 5.73 Å². The highest BCUT2D eigenvalue weighted by Crippen LogP contribution is 2.18. The van der Waals surface area contributed by atoms with Crippen LogP contribution < -0.4 is 10.5 Å². The predicted molar refractivity (Wildman–Crippen MR) is 88.9 cm³/mol. The first-order valence-corrected chi connectivity index (χ1v) is 7.71. The molecule has 1 saturated heterocycles. The van der Waals surface area contributed by atoms with Crippen molar-refractivity contribution in [3.05, 3.63) is 35.9 Å². The number of carbonyl (C=O) groups is 2. The third-order valence-corrected chi connectivity index (χ3v) is 3.82. The lowest BCUT2D eigenvalue weighted by atomic mass is 10.2. The number of rotatable bonds is 5. The Labute approximate surface area is 136 Å². The molecule has 1 aromatic rings.